The normalized spacial score (nSPS) is 16.0. The van der Waals surface area contributed by atoms with Gasteiger partial charge in [-0.1, -0.05) is 11.3 Å². The van der Waals surface area contributed by atoms with Crippen LogP contribution in [-0.2, 0) is 4.79 Å². The number of urea groups is 1. The third-order valence-electron chi connectivity index (χ3n) is 4.74. The van der Waals surface area contributed by atoms with E-state index in [9.17, 15) is 9.59 Å². The van der Waals surface area contributed by atoms with Crippen molar-refractivity contribution in [2.75, 3.05) is 30.5 Å². The Morgan fingerprint density at radius 2 is 2.00 bits per heavy atom. The number of nitrogens with one attached hydrogen (secondary N) is 2. The van der Waals surface area contributed by atoms with Crippen LogP contribution >= 0.6 is 11.3 Å². The van der Waals surface area contributed by atoms with Gasteiger partial charge in [0.25, 0.3) is 0 Å². The number of carbonyl (C=O) groups is 2. The van der Waals surface area contributed by atoms with Gasteiger partial charge in [-0.15, -0.1) is 0 Å². The number of aromatic nitrogens is 1. The maximum absolute atomic E-state index is 12.4. The van der Waals surface area contributed by atoms with Crippen LogP contribution in [0.2, 0.25) is 0 Å². The fourth-order valence-electron chi connectivity index (χ4n) is 3.35. The monoisotopic (exact) mass is 426 g/mol. The molecule has 1 aromatic heterocycles. The number of fused-ring (bicyclic) bond motifs is 1. The first-order valence-corrected chi connectivity index (χ1v) is 10.4. The van der Waals surface area contributed by atoms with E-state index in [1.54, 1.807) is 24.1 Å². The summed E-state index contributed by atoms with van der Waals surface area (Å²) >= 11 is 1.37. The minimum absolute atomic E-state index is 0.0334. The highest BCUT2D eigenvalue weighted by Crippen LogP contribution is 2.29. The zero-order valence-corrected chi connectivity index (χ0v) is 17.5. The number of amides is 3. The second kappa shape index (κ2) is 8.58. The molecule has 1 aliphatic heterocycles. The first kappa shape index (κ1) is 20.0. The van der Waals surface area contributed by atoms with Gasteiger partial charge in [-0.05, 0) is 49.4 Å². The molecule has 2 heterocycles. The molecule has 156 valence electrons. The van der Waals surface area contributed by atoms with Gasteiger partial charge in [0.05, 0.1) is 30.0 Å². The van der Waals surface area contributed by atoms with Crippen LogP contribution in [0.4, 0.5) is 15.6 Å². The lowest BCUT2D eigenvalue weighted by Crippen LogP contribution is -2.39. The number of hydrogen-bond acceptors (Lipinski definition) is 6. The van der Waals surface area contributed by atoms with Crippen molar-refractivity contribution in [2.45, 2.75) is 19.4 Å². The van der Waals surface area contributed by atoms with Crippen molar-refractivity contribution in [3.05, 3.63) is 42.5 Å². The highest BCUT2D eigenvalue weighted by molar-refractivity contribution is 7.22. The number of hydrogen-bond donors (Lipinski definition) is 2. The van der Waals surface area contributed by atoms with Crippen LogP contribution in [0.25, 0.3) is 10.2 Å². The van der Waals surface area contributed by atoms with Gasteiger partial charge in [-0.2, -0.15) is 0 Å². The molecule has 3 aromatic rings. The van der Waals surface area contributed by atoms with Crippen LogP contribution in [0.3, 0.4) is 0 Å². The molecule has 2 aromatic carbocycles. The molecule has 1 fully saturated rings. The van der Waals surface area contributed by atoms with E-state index in [-0.39, 0.29) is 24.4 Å². The number of anilines is 2. The second-order valence-electron chi connectivity index (χ2n) is 6.78. The summed E-state index contributed by atoms with van der Waals surface area (Å²) in [6, 6.07) is 12.2. The fraction of sp³-hybridized carbons (Fsp3) is 0.286. The summed E-state index contributed by atoms with van der Waals surface area (Å²) in [6.07, 6.45) is 0.247. The largest absolute Gasteiger partial charge is 0.497 e. The molecule has 9 heteroatoms. The van der Waals surface area contributed by atoms with Crippen molar-refractivity contribution < 1.29 is 19.1 Å². The highest BCUT2D eigenvalue weighted by Gasteiger charge is 2.31. The van der Waals surface area contributed by atoms with E-state index in [4.69, 9.17) is 9.47 Å². The molecule has 1 unspecified atom stereocenters. The average molecular weight is 426 g/mol. The Morgan fingerprint density at radius 3 is 2.73 bits per heavy atom. The average Bonchev–Trinajstić information content (AvgIpc) is 3.30. The van der Waals surface area contributed by atoms with E-state index in [2.05, 4.69) is 15.6 Å². The number of benzene rings is 2. The highest BCUT2D eigenvalue weighted by atomic mass is 32.1. The molecule has 0 aliphatic carbocycles. The quantitative estimate of drug-likeness (QED) is 0.628. The third kappa shape index (κ3) is 4.30. The number of methoxy groups -OCH3 is 1. The van der Waals surface area contributed by atoms with Crippen molar-refractivity contribution in [3.63, 3.8) is 0 Å². The molecule has 0 spiro atoms. The summed E-state index contributed by atoms with van der Waals surface area (Å²) in [7, 11) is 1.60. The maximum Gasteiger partial charge on any atom is 0.321 e. The molecule has 2 N–H and O–H groups in total. The molecule has 30 heavy (non-hydrogen) atoms. The molecule has 0 radical (unpaired) electrons. The van der Waals surface area contributed by atoms with E-state index in [1.807, 2.05) is 37.3 Å². The Morgan fingerprint density at radius 1 is 1.23 bits per heavy atom. The molecule has 0 saturated carbocycles. The standard InChI is InChI=1S/C21H22N4O4S/c1-3-29-16-8-9-17-18(11-16)30-21(23-17)24-20(27)22-13-10-19(26)25(12-13)14-4-6-15(28-2)7-5-14/h4-9,11,13H,3,10,12H2,1-2H3,(H2,22,23,24,27). The third-order valence-corrected chi connectivity index (χ3v) is 5.67. The van der Waals surface area contributed by atoms with Gasteiger partial charge in [0.2, 0.25) is 5.91 Å². The molecule has 1 saturated heterocycles. The van der Waals surface area contributed by atoms with Gasteiger partial charge in [0.1, 0.15) is 11.5 Å². The Bertz CT molecular complexity index is 1070. The molecular weight excluding hydrogens is 404 g/mol. The maximum atomic E-state index is 12.4. The fourth-order valence-corrected chi connectivity index (χ4v) is 4.24. The molecule has 8 nitrogen and oxygen atoms in total. The number of nitrogens with zero attached hydrogens (tertiary/aromatic N) is 2. The Labute approximate surface area is 177 Å². The number of ether oxygens (including phenoxy) is 2. The zero-order chi connectivity index (χ0) is 21.1. The van der Waals surface area contributed by atoms with Crippen molar-refractivity contribution in [2.24, 2.45) is 0 Å². The van der Waals surface area contributed by atoms with Crippen molar-refractivity contribution in [1.82, 2.24) is 10.3 Å². The van der Waals surface area contributed by atoms with E-state index in [1.165, 1.54) is 11.3 Å². The smallest absolute Gasteiger partial charge is 0.321 e. The lowest BCUT2D eigenvalue weighted by atomic mass is 10.2. The molecule has 0 bridgehead atoms. The zero-order valence-electron chi connectivity index (χ0n) is 16.7. The van der Waals surface area contributed by atoms with Crippen LogP contribution in [0.15, 0.2) is 42.5 Å². The molecule has 1 atom stereocenters. The summed E-state index contributed by atoms with van der Waals surface area (Å²) in [5.74, 6) is 1.46. The lowest BCUT2D eigenvalue weighted by molar-refractivity contribution is -0.117. The van der Waals surface area contributed by atoms with Crippen LogP contribution < -0.4 is 25.0 Å². The Balaban J connectivity index is 1.37. The van der Waals surface area contributed by atoms with E-state index >= 15 is 0 Å². The van der Waals surface area contributed by atoms with Gasteiger partial charge in [0.15, 0.2) is 5.13 Å². The number of thiazole rings is 1. The van der Waals surface area contributed by atoms with Crippen molar-refractivity contribution in [3.8, 4) is 11.5 Å². The molecular formula is C21H22N4O4S. The minimum atomic E-state index is -0.381. The van der Waals surface area contributed by atoms with E-state index in [0.29, 0.717) is 18.3 Å². The summed E-state index contributed by atoms with van der Waals surface area (Å²) in [5.41, 5.74) is 1.57. The number of rotatable bonds is 6. The van der Waals surface area contributed by atoms with Crippen molar-refractivity contribution >= 4 is 44.3 Å². The first-order valence-electron chi connectivity index (χ1n) is 9.61. The predicted octanol–water partition coefficient (Wildman–Crippen LogP) is 3.63. The van der Waals surface area contributed by atoms with Gasteiger partial charge in [-0.25, -0.2) is 9.78 Å². The SMILES string of the molecule is CCOc1ccc2nc(NC(=O)NC3CC(=O)N(c4ccc(OC)cc4)C3)sc2c1. The summed E-state index contributed by atoms with van der Waals surface area (Å²) < 4.78 is 11.6. The Hall–Kier alpha value is -3.33. The van der Waals surface area contributed by atoms with Gasteiger partial charge in [-0.3, -0.25) is 10.1 Å². The summed E-state index contributed by atoms with van der Waals surface area (Å²) in [6.45, 7) is 2.93. The predicted molar refractivity (Wildman–Crippen MR) is 117 cm³/mol. The second-order valence-corrected chi connectivity index (χ2v) is 7.81. The molecule has 3 amide bonds. The first-order chi connectivity index (χ1) is 14.6. The molecule has 1 aliphatic rings. The molecule has 4 rings (SSSR count). The van der Waals surface area contributed by atoms with Crippen LogP contribution in [0, 0.1) is 0 Å². The van der Waals surface area contributed by atoms with Crippen LogP contribution in [0.1, 0.15) is 13.3 Å². The van der Waals surface area contributed by atoms with Gasteiger partial charge < -0.3 is 19.7 Å². The Kier molecular flexibility index (Phi) is 5.71. The number of carbonyl (C=O) groups excluding carboxylic acids is 2. The van der Waals surface area contributed by atoms with Crippen LogP contribution in [0.5, 0.6) is 11.5 Å². The minimum Gasteiger partial charge on any atom is -0.497 e. The summed E-state index contributed by atoms with van der Waals surface area (Å²) in [5, 5.41) is 6.12. The summed E-state index contributed by atoms with van der Waals surface area (Å²) in [4.78, 5) is 30.9. The van der Waals surface area contributed by atoms with Crippen LogP contribution in [-0.4, -0.2) is 43.2 Å². The lowest BCUT2D eigenvalue weighted by Gasteiger charge is -2.17. The topological polar surface area (TPSA) is 92.8 Å². The van der Waals surface area contributed by atoms with Gasteiger partial charge in [0, 0.05) is 18.7 Å². The van der Waals surface area contributed by atoms with E-state index < -0.39 is 0 Å². The van der Waals surface area contributed by atoms with Crippen molar-refractivity contribution in [1.29, 1.82) is 0 Å². The van der Waals surface area contributed by atoms with Gasteiger partial charge >= 0.3 is 6.03 Å². The van der Waals surface area contributed by atoms with E-state index in [0.717, 1.165) is 27.4 Å².